The average molecular weight is 281 g/mol. The van der Waals surface area contributed by atoms with E-state index in [0.717, 1.165) is 11.1 Å². The zero-order chi connectivity index (χ0) is 15.1. The molecule has 0 radical (unpaired) electrons. The van der Waals surface area contributed by atoms with Crippen molar-refractivity contribution in [2.45, 2.75) is 13.0 Å². The first kappa shape index (κ1) is 14.5. The molecule has 0 saturated carbocycles. The minimum atomic E-state index is -0.0736. The highest BCUT2D eigenvalue weighted by Gasteiger charge is 2.04. The first-order chi connectivity index (χ1) is 10.2. The van der Waals surface area contributed by atoms with Crippen LogP contribution in [-0.4, -0.2) is 18.0 Å². The van der Waals surface area contributed by atoms with E-state index in [1.165, 1.54) is 0 Å². The molecule has 1 N–H and O–H groups in total. The minimum absolute atomic E-state index is 0.0736. The van der Waals surface area contributed by atoms with Gasteiger partial charge in [0.25, 0.3) is 0 Å². The van der Waals surface area contributed by atoms with Crippen molar-refractivity contribution in [1.29, 1.82) is 5.26 Å². The number of ether oxygens (including phenoxy) is 1. The molecule has 0 atom stereocenters. The summed E-state index contributed by atoms with van der Waals surface area (Å²) in [7, 11) is 1.55. The fourth-order valence-electron chi connectivity index (χ4n) is 1.82. The number of nitrogens with zero attached hydrogens (tertiary/aromatic N) is 2. The van der Waals surface area contributed by atoms with Crippen LogP contribution >= 0.6 is 0 Å². The number of nitriles is 1. The van der Waals surface area contributed by atoms with E-state index in [-0.39, 0.29) is 12.3 Å². The second-order valence-electron chi connectivity index (χ2n) is 4.47. The molecule has 0 aliphatic rings. The van der Waals surface area contributed by atoms with Crippen LogP contribution in [0.5, 0.6) is 5.88 Å². The summed E-state index contributed by atoms with van der Waals surface area (Å²) in [4.78, 5) is 15.9. The number of pyridine rings is 1. The molecule has 0 bridgehead atoms. The fourth-order valence-corrected chi connectivity index (χ4v) is 1.82. The summed E-state index contributed by atoms with van der Waals surface area (Å²) < 4.78 is 5.03. The molecule has 0 saturated heterocycles. The van der Waals surface area contributed by atoms with E-state index in [9.17, 15) is 4.79 Å². The van der Waals surface area contributed by atoms with Crippen LogP contribution in [0.15, 0.2) is 42.6 Å². The Morgan fingerprint density at radius 3 is 2.71 bits per heavy atom. The predicted molar refractivity (Wildman–Crippen MR) is 77.5 cm³/mol. The summed E-state index contributed by atoms with van der Waals surface area (Å²) in [5, 5.41) is 11.6. The van der Waals surface area contributed by atoms with Gasteiger partial charge in [-0.1, -0.05) is 12.1 Å². The van der Waals surface area contributed by atoms with E-state index in [1.54, 1.807) is 43.6 Å². The van der Waals surface area contributed by atoms with Crippen LogP contribution in [0, 0.1) is 11.3 Å². The second-order valence-corrected chi connectivity index (χ2v) is 4.47. The van der Waals surface area contributed by atoms with Crippen molar-refractivity contribution in [2.24, 2.45) is 0 Å². The SMILES string of the molecule is COc1cc(CNC(=O)Cc2ccc(C#N)cc2)ccn1. The molecular formula is C16H15N3O2. The van der Waals surface area contributed by atoms with Crippen LogP contribution in [0.3, 0.4) is 0 Å². The molecule has 1 aromatic carbocycles. The molecule has 1 amide bonds. The van der Waals surface area contributed by atoms with Crippen LogP contribution in [-0.2, 0) is 17.8 Å². The highest BCUT2D eigenvalue weighted by molar-refractivity contribution is 5.78. The Morgan fingerprint density at radius 2 is 2.05 bits per heavy atom. The van der Waals surface area contributed by atoms with Crippen molar-refractivity contribution < 1.29 is 9.53 Å². The summed E-state index contributed by atoms with van der Waals surface area (Å²) in [5.74, 6) is 0.448. The van der Waals surface area contributed by atoms with Gasteiger partial charge in [-0.05, 0) is 29.3 Å². The average Bonchev–Trinajstić information content (AvgIpc) is 2.54. The van der Waals surface area contributed by atoms with Gasteiger partial charge in [0.05, 0.1) is 25.2 Å². The van der Waals surface area contributed by atoms with Crippen LogP contribution in [0.4, 0.5) is 0 Å². The van der Waals surface area contributed by atoms with Crippen molar-refractivity contribution in [2.75, 3.05) is 7.11 Å². The number of hydrogen-bond donors (Lipinski definition) is 1. The van der Waals surface area contributed by atoms with E-state index < -0.39 is 0 Å². The van der Waals surface area contributed by atoms with Crippen molar-refractivity contribution in [3.63, 3.8) is 0 Å². The predicted octanol–water partition coefficient (Wildman–Crippen LogP) is 1.82. The summed E-state index contributed by atoms with van der Waals surface area (Å²) in [5.41, 5.74) is 2.39. The maximum atomic E-state index is 11.9. The lowest BCUT2D eigenvalue weighted by Gasteiger charge is -2.06. The molecule has 2 rings (SSSR count). The normalized spacial score (nSPS) is 9.71. The van der Waals surface area contributed by atoms with Crippen LogP contribution in [0.1, 0.15) is 16.7 Å². The van der Waals surface area contributed by atoms with Gasteiger partial charge in [0.1, 0.15) is 0 Å². The topological polar surface area (TPSA) is 75.0 Å². The monoisotopic (exact) mass is 281 g/mol. The summed E-state index contributed by atoms with van der Waals surface area (Å²) >= 11 is 0. The molecule has 106 valence electrons. The molecule has 0 unspecified atom stereocenters. The molecule has 0 aliphatic heterocycles. The molecule has 1 heterocycles. The highest BCUT2D eigenvalue weighted by Crippen LogP contribution is 2.08. The van der Waals surface area contributed by atoms with Crippen molar-refractivity contribution in [3.8, 4) is 11.9 Å². The van der Waals surface area contributed by atoms with Crippen molar-refractivity contribution >= 4 is 5.91 Å². The quantitative estimate of drug-likeness (QED) is 0.907. The Hall–Kier alpha value is -2.87. The van der Waals surface area contributed by atoms with Crippen LogP contribution in [0.2, 0.25) is 0 Å². The largest absolute Gasteiger partial charge is 0.481 e. The third kappa shape index (κ3) is 4.32. The van der Waals surface area contributed by atoms with Gasteiger partial charge in [0, 0.05) is 18.8 Å². The van der Waals surface area contributed by atoms with Gasteiger partial charge in [-0.2, -0.15) is 5.26 Å². The Bertz CT molecular complexity index is 660. The third-order valence-electron chi connectivity index (χ3n) is 2.95. The molecule has 0 spiro atoms. The number of amides is 1. The second kappa shape index (κ2) is 7.06. The lowest BCUT2D eigenvalue weighted by molar-refractivity contribution is -0.120. The van der Waals surface area contributed by atoms with Gasteiger partial charge in [-0.25, -0.2) is 4.98 Å². The number of benzene rings is 1. The van der Waals surface area contributed by atoms with Crippen LogP contribution in [0.25, 0.3) is 0 Å². The smallest absolute Gasteiger partial charge is 0.224 e. The highest BCUT2D eigenvalue weighted by atomic mass is 16.5. The van der Waals surface area contributed by atoms with Gasteiger partial charge in [0.15, 0.2) is 0 Å². The van der Waals surface area contributed by atoms with E-state index >= 15 is 0 Å². The maximum absolute atomic E-state index is 11.9. The zero-order valence-electron chi connectivity index (χ0n) is 11.7. The lowest BCUT2D eigenvalue weighted by atomic mass is 10.1. The first-order valence-corrected chi connectivity index (χ1v) is 6.46. The number of aromatic nitrogens is 1. The molecule has 5 heteroatoms. The number of nitrogens with one attached hydrogen (secondary N) is 1. The number of carbonyl (C=O) groups excluding carboxylic acids is 1. The van der Waals surface area contributed by atoms with Crippen LogP contribution < -0.4 is 10.1 Å². The van der Waals surface area contributed by atoms with Gasteiger partial charge < -0.3 is 10.1 Å². The van der Waals surface area contributed by atoms with Gasteiger partial charge in [0.2, 0.25) is 11.8 Å². The lowest BCUT2D eigenvalue weighted by Crippen LogP contribution is -2.24. The van der Waals surface area contributed by atoms with E-state index in [0.29, 0.717) is 18.0 Å². The number of rotatable bonds is 5. The van der Waals surface area contributed by atoms with Gasteiger partial charge >= 0.3 is 0 Å². The van der Waals surface area contributed by atoms with E-state index in [4.69, 9.17) is 10.00 Å². The fraction of sp³-hybridized carbons (Fsp3) is 0.188. The molecule has 1 aromatic heterocycles. The number of carbonyl (C=O) groups is 1. The third-order valence-corrected chi connectivity index (χ3v) is 2.95. The van der Waals surface area contributed by atoms with Gasteiger partial charge in [-0.3, -0.25) is 4.79 Å². The molecular weight excluding hydrogens is 266 g/mol. The Kier molecular flexibility index (Phi) is 4.89. The Morgan fingerprint density at radius 1 is 1.29 bits per heavy atom. The molecule has 2 aromatic rings. The van der Waals surface area contributed by atoms with E-state index in [1.807, 2.05) is 12.1 Å². The Labute approximate surface area is 123 Å². The molecule has 21 heavy (non-hydrogen) atoms. The van der Waals surface area contributed by atoms with E-state index in [2.05, 4.69) is 10.3 Å². The Balaban J connectivity index is 1.88. The number of methoxy groups -OCH3 is 1. The molecule has 5 nitrogen and oxygen atoms in total. The standard InChI is InChI=1S/C16H15N3O2/c1-21-16-9-14(6-7-18-16)11-19-15(20)8-12-2-4-13(10-17)5-3-12/h2-7,9H,8,11H2,1H3,(H,19,20). The van der Waals surface area contributed by atoms with Crippen molar-refractivity contribution in [3.05, 3.63) is 59.3 Å². The minimum Gasteiger partial charge on any atom is -0.481 e. The van der Waals surface area contributed by atoms with Crippen molar-refractivity contribution in [1.82, 2.24) is 10.3 Å². The summed E-state index contributed by atoms with van der Waals surface area (Å²) in [6, 6.07) is 12.6. The zero-order valence-corrected chi connectivity index (χ0v) is 11.7. The summed E-state index contributed by atoms with van der Waals surface area (Å²) in [6.45, 7) is 0.425. The molecule has 0 fully saturated rings. The van der Waals surface area contributed by atoms with Gasteiger partial charge in [-0.15, -0.1) is 0 Å². The number of hydrogen-bond acceptors (Lipinski definition) is 4. The first-order valence-electron chi connectivity index (χ1n) is 6.46. The molecule has 0 aliphatic carbocycles. The summed E-state index contributed by atoms with van der Waals surface area (Å²) in [6.07, 6.45) is 1.93. The maximum Gasteiger partial charge on any atom is 0.224 e.